The van der Waals surface area contributed by atoms with Crippen LogP contribution in [0.4, 0.5) is 0 Å². The second kappa shape index (κ2) is 7.18. The fourth-order valence-corrected chi connectivity index (χ4v) is 4.85. The van der Waals surface area contributed by atoms with Crippen LogP contribution in [0.5, 0.6) is 5.75 Å². The van der Waals surface area contributed by atoms with E-state index in [2.05, 4.69) is 4.98 Å². The van der Waals surface area contributed by atoms with E-state index in [1.807, 2.05) is 48.5 Å². The molecule has 2 atom stereocenters. The normalized spacial score (nSPS) is 21.0. The van der Waals surface area contributed by atoms with Crippen LogP contribution in [0.1, 0.15) is 22.9 Å². The number of nitrogens with zero attached hydrogens (tertiary/aromatic N) is 2. The zero-order valence-corrected chi connectivity index (χ0v) is 16.7. The molecule has 0 unspecified atom stereocenters. The van der Waals surface area contributed by atoms with E-state index in [1.54, 1.807) is 12.0 Å². The summed E-state index contributed by atoms with van der Waals surface area (Å²) in [4.78, 5) is 33.2. The van der Waals surface area contributed by atoms with Crippen molar-refractivity contribution in [3.63, 3.8) is 0 Å². The second-order valence-electron chi connectivity index (χ2n) is 7.71. The second-order valence-corrected chi connectivity index (χ2v) is 7.71. The number of aliphatic hydroxyl groups excluding tert-OH is 1. The molecule has 2 amide bonds. The maximum absolute atomic E-state index is 13.3. The van der Waals surface area contributed by atoms with Gasteiger partial charge in [-0.25, -0.2) is 0 Å². The molecule has 0 aliphatic carbocycles. The number of β-amino-alcohol motifs (C(OH)–C–C–N with tert-alkyl or cyclic N) is 1. The average Bonchev–Trinajstić information content (AvgIpc) is 3.14. The van der Waals surface area contributed by atoms with Gasteiger partial charge in [0.2, 0.25) is 11.8 Å². The first kappa shape index (κ1) is 18.7. The molecular weight excluding hydrogens is 382 g/mol. The molecule has 0 spiro atoms. The summed E-state index contributed by atoms with van der Waals surface area (Å²) in [5, 5.41) is 10.4. The molecule has 2 N–H and O–H groups in total. The third-order valence-corrected chi connectivity index (χ3v) is 6.15. The molecule has 3 heterocycles. The van der Waals surface area contributed by atoms with E-state index >= 15 is 0 Å². The molecule has 5 rings (SSSR count). The van der Waals surface area contributed by atoms with Gasteiger partial charge in [-0.1, -0.05) is 36.4 Å². The van der Waals surface area contributed by atoms with Crippen molar-refractivity contribution in [2.45, 2.75) is 18.5 Å². The van der Waals surface area contributed by atoms with Gasteiger partial charge in [0.05, 0.1) is 20.3 Å². The number of nitrogens with one attached hydrogen (secondary N) is 1. The number of hydrogen-bond acceptors (Lipinski definition) is 4. The van der Waals surface area contributed by atoms with Crippen LogP contribution in [0, 0.1) is 0 Å². The highest BCUT2D eigenvalue weighted by molar-refractivity contribution is 5.97. The molecule has 2 aromatic carbocycles. The first-order valence-electron chi connectivity index (χ1n) is 10.1. The molecule has 1 aromatic heterocycles. The van der Waals surface area contributed by atoms with Crippen molar-refractivity contribution in [1.82, 2.24) is 14.8 Å². The lowest BCUT2D eigenvalue weighted by Gasteiger charge is -2.47. The van der Waals surface area contributed by atoms with E-state index < -0.39 is 12.1 Å². The van der Waals surface area contributed by atoms with Gasteiger partial charge in [-0.2, -0.15) is 0 Å². The molecule has 1 fully saturated rings. The van der Waals surface area contributed by atoms with Gasteiger partial charge >= 0.3 is 0 Å². The van der Waals surface area contributed by atoms with Crippen molar-refractivity contribution < 1.29 is 19.4 Å². The van der Waals surface area contributed by atoms with Crippen LogP contribution in [0.25, 0.3) is 10.9 Å². The summed E-state index contributed by atoms with van der Waals surface area (Å²) in [5.74, 6) is 0.415. The van der Waals surface area contributed by atoms with Gasteiger partial charge in [0.15, 0.2) is 0 Å². The number of ether oxygens (including phenoxy) is 1. The van der Waals surface area contributed by atoms with Crippen molar-refractivity contribution in [2.24, 2.45) is 0 Å². The van der Waals surface area contributed by atoms with Gasteiger partial charge in [-0.15, -0.1) is 0 Å². The summed E-state index contributed by atoms with van der Waals surface area (Å²) in [6, 6.07) is 14.6. The van der Waals surface area contributed by atoms with Gasteiger partial charge in [-0.3, -0.25) is 9.59 Å². The number of aromatic amines is 1. The number of carbonyl (C=O) groups excluding carboxylic acids is 2. The fraction of sp³-hybridized carbons (Fsp3) is 0.304. The summed E-state index contributed by atoms with van der Waals surface area (Å²) in [6.45, 7) is -0.0356. The molecule has 0 bridgehead atoms. The third kappa shape index (κ3) is 2.69. The minimum Gasteiger partial charge on any atom is -0.496 e. The molecule has 2 aliphatic heterocycles. The highest BCUT2D eigenvalue weighted by Gasteiger charge is 2.48. The number of methoxy groups -OCH3 is 1. The number of rotatable bonds is 4. The first-order valence-corrected chi connectivity index (χ1v) is 10.1. The van der Waals surface area contributed by atoms with Crippen molar-refractivity contribution in [2.75, 3.05) is 26.8 Å². The maximum Gasteiger partial charge on any atom is 0.246 e. The quantitative estimate of drug-likeness (QED) is 0.694. The largest absolute Gasteiger partial charge is 0.496 e. The standard InChI is InChI=1S/C23H23N3O4/c1-30-19-9-5-3-7-15(19)22-21-16(14-6-2-4-8-17(14)24-21)12-18-23(29)25(10-11-27)13-20(28)26(18)22/h2-9,18,22,24,27H,10-13H2,1H3/t18-,22-/m0/s1. The SMILES string of the molecule is COc1ccccc1[C@H]1c2[nH]c3ccccc3c2C[C@H]2C(=O)N(CCO)CC(=O)N12. The Morgan fingerprint density at radius 2 is 1.90 bits per heavy atom. The Hall–Kier alpha value is -3.32. The van der Waals surface area contributed by atoms with Gasteiger partial charge in [0.1, 0.15) is 17.8 Å². The van der Waals surface area contributed by atoms with Crippen LogP contribution in [-0.2, 0) is 16.0 Å². The Morgan fingerprint density at radius 3 is 2.70 bits per heavy atom. The number of para-hydroxylation sites is 2. The summed E-state index contributed by atoms with van der Waals surface area (Å²) < 4.78 is 5.61. The minimum absolute atomic E-state index is 0.0307. The van der Waals surface area contributed by atoms with Crippen LogP contribution >= 0.6 is 0 Å². The number of aromatic nitrogens is 1. The van der Waals surface area contributed by atoms with Gasteiger partial charge in [0.25, 0.3) is 0 Å². The molecule has 154 valence electrons. The zero-order chi connectivity index (χ0) is 20.8. The molecule has 0 saturated carbocycles. The molecule has 30 heavy (non-hydrogen) atoms. The van der Waals surface area contributed by atoms with E-state index in [-0.39, 0.29) is 31.5 Å². The highest BCUT2D eigenvalue weighted by atomic mass is 16.5. The fourth-order valence-electron chi connectivity index (χ4n) is 4.85. The highest BCUT2D eigenvalue weighted by Crippen LogP contribution is 2.44. The summed E-state index contributed by atoms with van der Waals surface area (Å²) >= 11 is 0. The average molecular weight is 405 g/mol. The lowest BCUT2D eigenvalue weighted by Crippen LogP contribution is -2.63. The zero-order valence-electron chi connectivity index (χ0n) is 16.7. The number of amides is 2. The van der Waals surface area contributed by atoms with Crippen LogP contribution in [0.3, 0.4) is 0 Å². The van der Waals surface area contributed by atoms with Crippen LogP contribution in [0.2, 0.25) is 0 Å². The Bertz CT molecular complexity index is 1140. The van der Waals surface area contributed by atoms with E-state index in [0.29, 0.717) is 12.2 Å². The molecule has 0 radical (unpaired) electrons. The number of benzene rings is 2. The van der Waals surface area contributed by atoms with Crippen LogP contribution in [-0.4, -0.2) is 64.6 Å². The molecule has 2 aliphatic rings. The number of hydrogen-bond donors (Lipinski definition) is 2. The van der Waals surface area contributed by atoms with Crippen molar-refractivity contribution in [3.05, 3.63) is 65.4 Å². The Balaban J connectivity index is 1.73. The smallest absolute Gasteiger partial charge is 0.246 e. The molecule has 1 saturated heterocycles. The summed E-state index contributed by atoms with van der Waals surface area (Å²) in [6.07, 6.45) is 0.442. The Labute approximate surface area is 173 Å². The molecule has 7 nitrogen and oxygen atoms in total. The van der Waals surface area contributed by atoms with Crippen molar-refractivity contribution >= 4 is 22.7 Å². The maximum atomic E-state index is 13.3. The number of H-pyrrole nitrogens is 1. The van der Waals surface area contributed by atoms with Crippen LogP contribution < -0.4 is 4.74 Å². The number of piperazine rings is 1. The van der Waals surface area contributed by atoms with E-state index in [1.165, 1.54) is 4.90 Å². The summed E-state index contributed by atoms with van der Waals surface area (Å²) in [5.41, 5.74) is 3.80. The first-order chi connectivity index (χ1) is 14.6. The van der Waals surface area contributed by atoms with Gasteiger partial charge in [-0.05, 0) is 17.7 Å². The number of fused-ring (bicyclic) bond motifs is 4. The monoisotopic (exact) mass is 405 g/mol. The molecule has 7 heteroatoms. The van der Waals surface area contributed by atoms with Crippen LogP contribution in [0.15, 0.2) is 48.5 Å². The molecule has 3 aromatic rings. The lowest BCUT2D eigenvalue weighted by atomic mass is 9.86. The topological polar surface area (TPSA) is 85.9 Å². The third-order valence-electron chi connectivity index (χ3n) is 6.15. The van der Waals surface area contributed by atoms with E-state index in [4.69, 9.17) is 4.74 Å². The van der Waals surface area contributed by atoms with E-state index in [0.717, 1.165) is 27.7 Å². The summed E-state index contributed by atoms with van der Waals surface area (Å²) in [7, 11) is 1.61. The number of carbonyl (C=O) groups is 2. The van der Waals surface area contributed by atoms with Crippen molar-refractivity contribution in [3.8, 4) is 5.75 Å². The molecular formula is C23H23N3O4. The minimum atomic E-state index is -0.612. The predicted octanol–water partition coefficient (Wildman–Crippen LogP) is 1.85. The van der Waals surface area contributed by atoms with Gasteiger partial charge < -0.3 is 24.6 Å². The predicted molar refractivity (Wildman–Crippen MR) is 111 cm³/mol. The van der Waals surface area contributed by atoms with Gasteiger partial charge in [0, 0.05) is 35.1 Å². The van der Waals surface area contributed by atoms with Crippen molar-refractivity contribution in [1.29, 1.82) is 0 Å². The lowest BCUT2D eigenvalue weighted by molar-refractivity contribution is -0.159. The van der Waals surface area contributed by atoms with E-state index in [9.17, 15) is 14.7 Å². The Morgan fingerprint density at radius 1 is 1.13 bits per heavy atom. The number of aliphatic hydroxyl groups is 1. The Kier molecular flexibility index (Phi) is 4.47.